The number of aryl methyl sites for hydroxylation is 1. The van der Waals surface area contributed by atoms with Crippen LogP contribution < -0.4 is 0 Å². The lowest BCUT2D eigenvalue weighted by molar-refractivity contribution is -0.145. The zero-order valence-corrected chi connectivity index (χ0v) is 14.6. The summed E-state index contributed by atoms with van der Waals surface area (Å²) >= 11 is 3.36. The lowest BCUT2D eigenvalue weighted by atomic mass is 10.0. The standard InChI is InChI=1S/C14H23BrN4O2/c1-14(2,3)19-7-5-18(6-8-19)11(13(20)21)10-12(15)16-9-17(10)4/h9,11H,5-8H2,1-4H3,(H,20,21). The number of hydrogen-bond acceptors (Lipinski definition) is 4. The molecule has 1 saturated heterocycles. The fourth-order valence-electron chi connectivity index (χ4n) is 2.81. The van der Waals surface area contributed by atoms with Gasteiger partial charge >= 0.3 is 5.97 Å². The Bertz CT molecular complexity index is 496. The smallest absolute Gasteiger partial charge is 0.327 e. The van der Waals surface area contributed by atoms with E-state index in [-0.39, 0.29) is 5.54 Å². The van der Waals surface area contributed by atoms with Crippen LogP contribution in [0, 0.1) is 0 Å². The number of hydrogen-bond donors (Lipinski definition) is 1. The van der Waals surface area contributed by atoms with Crippen molar-refractivity contribution in [3.8, 4) is 0 Å². The highest BCUT2D eigenvalue weighted by Crippen LogP contribution is 2.29. The number of aromatic nitrogens is 2. The summed E-state index contributed by atoms with van der Waals surface area (Å²) in [6.07, 6.45) is 1.64. The largest absolute Gasteiger partial charge is 0.480 e. The summed E-state index contributed by atoms with van der Waals surface area (Å²) < 4.78 is 2.38. The number of aliphatic carboxylic acids is 1. The Morgan fingerprint density at radius 1 is 1.33 bits per heavy atom. The monoisotopic (exact) mass is 358 g/mol. The molecule has 2 rings (SSSR count). The van der Waals surface area contributed by atoms with Gasteiger partial charge in [0.1, 0.15) is 4.60 Å². The Morgan fingerprint density at radius 2 is 1.90 bits per heavy atom. The predicted octanol–water partition coefficient (Wildman–Crippen LogP) is 1.72. The first kappa shape index (κ1) is 16.5. The molecule has 0 amide bonds. The Morgan fingerprint density at radius 3 is 2.29 bits per heavy atom. The third-order valence-corrected chi connectivity index (χ3v) is 4.67. The Hall–Kier alpha value is -0.920. The molecule has 0 bridgehead atoms. The van der Waals surface area contributed by atoms with Gasteiger partial charge in [0.15, 0.2) is 6.04 Å². The molecule has 0 aliphatic carbocycles. The minimum absolute atomic E-state index is 0.123. The molecule has 1 N–H and O–H groups in total. The van der Waals surface area contributed by atoms with E-state index in [1.165, 1.54) is 0 Å². The molecule has 2 heterocycles. The van der Waals surface area contributed by atoms with Gasteiger partial charge in [0.05, 0.1) is 12.0 Å². The van der Waals surface area contributed by atoms with Crippen LogP contribution in [0.4, 0.5) is 0 Å². The summed E-state index contributed by atoms with van der Waals surface area (Å²) in [4.78, 5) is 20.3. The SMILES string of the molecule is Cn1cnc(Br)c1C(C(=O)O)N1CCN(C(C)(C)C)CC1. The summed E-state index contributed by atoms with van der Waals surface area (Å²) in [7, 11) is 1.83. The average molecular weight is 359 g/mol. The molecule has 6 nitrogen and oxygen atoms in total. The Labute approximate surface area is 133 Å². The van der Waals surface area contributed by atoms with Crippen molar-refractivity contribution in [3.63, 3.8) is 0 Å². The molecule has 1 fully saturated rings. The maximum Gasteiger partial charge on any atom is 0.327 e. The van der Waals surface area contributed by atoms with Crippen molar-refractivity contribution in [2.75, 3.05) is 26.2 Å². The van der Waals surface area contributed by atoms with Crippen LogP contribution in [0.3, 0.4) is 0 Å². The quantitative estimate of drug-likeness (QED) is 0.891. The van der Waals surface area contributed by atoms with Gasteiger partial charge in [-0.25, -0.2) is 4.98 Å². The number of halogens is 1. The van der Waals surface area contributed by atoms with Crippen LogP contribution in [0.15, 0.2) is 10.9 Å². The lowest BCUT2D eigenvalue weighted by Gasteiger charge is -2.43. The van der Waals surface area contributed by atoms with E-state index < -0.39 is 12.0 Å². The molecule has 1 aromatic rings. The second-order valence-electron chi connectivity index (χ2n) is 6.47. The minimum atomic E-state index is -0.830. The van der Waals surface area contributed by atoms with Crippen molar-refractivity contribution in [2.24, 2.45) is 7.05 Å². The van der Waals surface area contributed by atoms with Gasteiger partial charge in [-0.15, -0.1) is 0 Å². The summed E-state index contributed by atoms with van der Waals surface area (Å²) in [5.41, 5.74) is 0.824. The maximum atomic E-state index is 11.8. The number of carboxylic acids is 1. The van der Waals surface area contributed by atoms with Crippen LogP contribution in [0.25, 0.3) is 0 Å². The van der Waals surface area contributed by atoms with Crippen LogP contribution in [-0.2, 0) is 11.8 Å². The van der Waals surface area contributed by atoms with Gasteiger partial charge in [0.25, 0.3) is 0 Å². The third-order valence-electron chi connectivity index (χ3n) is 4.06. The first-order valence-electron chi connectivity index (χ1n) is 7.10. The molecule has 7 heteroatoms. The van der Waals surface area contributed by atoms with Crippen molar-refractivity contribution in [1.29, 1.82) is 0 Å². The number of rotatable bonds is 3. The molecule has 21 heavy (non-hydrogen) atoms. The highest BCUT2D eigenvalue weighted by Gasteiger charge is 2.35. The topological polar surface area (TPSA) is 61.6 Å². The molecule has 1 unspecified atom stereocenters. The fraction of sp³-hybridized carbons (Fsp3) is 0.714. The van der Waals surface area contributed by atoms with E-state index in [2.05, 4.69) is 46.6 Å². The molecule has 1 aliphatic rings. The van der Waals surface area contributed by atoms with Crippen molar-refractivity contribution < 1.29 is 9.90 Å². The second kappa shape index (κ2) is 6.06. The highest BCUT2D eigenvalue weighted by molar-refractivity contribution is 9.10. The zero-order chi connectivity index (χ0) is 15.8. The normalized spacial score (nSPS) is 19.7. The van der Waals surface area contributed by atoms with E-state index in [0.29, 0.717) is 10.3 Å². The number of carbonyl (C=O) groups is 1. The Balaban J connectivity index is 2.17. The summed E-state index contributed by atoms with van der Waals surface area (Å²) in [5.74, 6) is -0.830. The molecule has 1 atom stereocenters. The number of piperazine rings is 1. The van der Waals surface area contributed by atoms with E-state index in [1.54, 1.807) is 10.9 Å². The maximum absolute atomic E-state index is 11.8. The molecule has 0 spiro atoms. The van der Waals surface area contributed by atoms with Crippen LogP contribution in [-0.4, -0.2) is 62.1 Å². The second-order valence-corrected chi connectivity index (χ2v) is 7.22. The van der Waals surface area contributed by atoms with Gasteiger partial charge in [-0.05, 0) is 36.7 Å². The molecule has 1 aromatic heterocycles. The third kappa shape index (κ3) is 3.46. The highest BCUT2D eigenvalue weighted by atomic mass is 79.9. The molecule has 0 saturated carbocycles. The van der Waals surface area contributed by atoms with Crippen molar-refractivity contribution >= 4 is 21.9 Å². The molecule has 0 aromatic carbocycles. The molecule has 0 radical (unpaired) electrons. The van der Waals surface area contributed by atoms with E-state index in [9.17, 15) is 9.90 Å². The fourth-order valence-corrected chi connectivity index (χ4v) is 3.40. The van der Waals surface area contributed by atoms with E-state index in [4.69, 9.17) is 0 Å². The number of carboxylic acid groups (broad SMARTS) is 1. The molecule has 1 aliphatic heterocycles. The van der Waals surface area contributed by atoms with Crippen molar-refractivity contribution in [3.05, 3.63) is 16.6 Å². The zero-order valence-electron chi connectivity index (χ0n) is 13.0. The number of imidazole rings is 1. The molecule has 118 valence electrons. The lowest BCUT2D eigenvalue weighted by Crippen LogP contribution is -2.55. The van der Waals surface area contributed by atoms with Crippen molar-refractivity contribution in [1.82, 2.24) is 19.4 Å². The van der Waals surface area contributed by atoms with E-state index in [0.717, 1.165) is 26.2 Å². The van der Waals surface area contributed by atoms with Crippen LogP contribution in [0.1, 0.15) is 32.5 Å². The van der Waals surface area contributed by atoms with Gasteiger partial charge in [-0.2, -0.15) is 0 Å². The van der Waals surface area contributed by atoms with E-state index >= 15 is 0 Å². The van der Waals surface area contributed by atoms with Gasteiger partial charge < -0.3 is 9.67 Å². The first-order valence-corrected chi connectivity index (χ1v) is 7.89. The van der Waals surface area contributed by atoms with Gasteiger partial charge in [0.2, 0.25) is 0 Å². The minimum Gasteiger partial charge on any atom is -0.480 e. The average Bonchev–Trinajstić information content (AvgIpc) is 2.70. The Kier molecular flexibility index (Phi) is 4.75. The van der Waals surface area contributed by atoms with Crippen LogP contribution in [0.5, 0.6) is 0 Å². The van der Waals surface area contributed by atoms with Crippen LogP contribution >= 0.6 is 15.9 Å². The van der Waals surface area contributed by atoms with Gasteiger partial charge in [0, 0.05) is 38.8 Å². The summed E-state index contributed by atoms with van der Waals surface area (Å²) in [6.45, 7) is 9.81. The molecular formula is C14H23BrN4O2. The van der Waals surface area contributed by atoms with Gasteiger partial charge in [-0.1, -0.05) is 0 Å². The summed E-state index contributed by atoms with van der Waals surface area (Å²) in [6, 6.07) is -0.658. The first-order chi connectivity index (χ1) is 9.71. The van der Waals surface area contributed by atoms with E-state index in [1.807, 2.05) is 11.9 Å². The number of nitrogens with zero attached hydrogens (tertiary/aromatic N) is 4. The summed E-state index contributed by atoms with van der Waals surface area (Å²) in [5, 5.41) is 9.65. The van der Waals surface area contributed by atoms with Crippen molar-refractivity contribution in [2.45, 2.75) is 32.4 Å². The molecular weight excluding hydrogens is 336 g/mol. The van der Waals surface area contributed by atoms with Crippen LogP contribution in [0.2, 0.25) is 0 Å². The van der Waals surface area contributed by atoms with Gasteiger partial charge in [-0.3, -0.25) is 14.6 Å². The predicted molar refractivity (Wildman–Crippen MR) is 84.2 cm³/mol.